The lowest BCUT2D eigenvalue weighted by Gasteiger charge is -2.19. The van der Waals surface area contributed by atoms with Crippen molar-refractivity contribution in [1.29, 1.82) is 0 Å². The van der Waals surface area contributed by atoms with Crippen LogP contribution in [-0.4, -0.2) is 46.5 Å². The number of carbonyl (C=O) groups is 2. The second-order valence-corrected chi connectivity index (χ2v) is 7.69. The van der Waals surface area contributed by atoms with Gasteiger partial charge in [0.15, 0.2) is 18.5 Å². The third-order valence-electron chi connectivity index (χ3n) is 5.33. The van der Waals surface area contributed by atoms with Gasteiger partial charge in [0.25, 0.3) is 5.56 Å². The number of alkyl halides is 1. The van der Waals surface area contributed by atoms with Gasteiger partial charge in [-0.05, 0) is 31.2 Å². The summed E-state index contributed by atoms with van der Waals surface area (Å²) in [6.45, 7) is 1.01. The van der Waals surface area contributed by atoms with Crippen LogP contribution in [0, 0.1) is 6.92 Å². The molecule has 9 nitrogen and oxygen atoms in total. The van der Waals surface area contributed by atoms with Crippen LogP contribution in [0.15, 0.2) is 76.4 Å². The van der Waals surface area contributed by atoms with E-state index in [1.807, 2.05) is 0 Å². The van der Waals surface area contributed by atoms with Crippen molar-refractivity contribution in [1.82, 2.24) is 9.55 Å². The smallest absolute Gasteiger partial charge is 0.338 e. The molecular weight excluding hydrogens is 447 g/mol. The number of carbonyl (C=O) groups excluding carboxylic acids is 2. The van der Waals surface area contributed by atoms with E-state index in [1.54, 1.807) is 48.5 Å². The van der Waals surface area contributed by atoms with Crippen LogP contribution in [0.3, 0.4) is 0 Å². The first kappa shape index (κ1) is 23.1. The molecule has 1 fully saturated rings. The number of benzene rings is 2. The van der Waals surface area contributed by atoms with Crippen LogP contribution in [0.5, 0.6) is 0 Å². The molecule has 4 atom stereocenters. The molecule has 10 heteroatoms. The molecule has 34 heavy (non-hydrogen) atoms. The Morgan fingerprint density at radius 1 is 1.00 bits per heavy atom. The molecule has 0 spiro atoms. The van der Waals surface area contributed by atoms with Gasteiger partial charge in [0, 0.05) is 11.8 Å². The minimum Gasteiger partial charge on any atom is -0.459 e. The van der Waals surface area contributed by atoms with Gasteiger partial charge in [0.2, 0.25) is 0 Å². The third-order valence-corrected chi connectivity index (χ3v) is 5.33. The van der Waals surface area contributed by atoms with E-state index in [0.717, 1.165) is 10.8 Å². The summed E-state index contributed by atoms with van der Waals surface area (Å²) in [7, 11) is 0. The zero-order chi connectivity index (χ0) is 24.2. The van der Waals surface area contributed by atoms with Crippen molar-refractivity contribution in [3.8, 4) is 0 Å². The van der Waals surface area contributed by atoms with E-state index in [0.29, 0.717) is 0 Å². The third kappa shape index (κ3) is 4.81. The van der Waals surface area contributed by atoms with Gasteiger partial charge in [-0.25, -0.2) is 18.8 Å². The Bertz CT molecular complexity index is 1290. The average Bonchev–Trinajstić information content (AvgIpc) is 3.15. The second kappa shape index (κ2) is 9.84. The molecule has 1 saturated heterocycles. The molecule has 0 amide bonds. The van der Waals surface area contributed by atoms with Gasteiger partial charge in [0.1, 0.15) is 12.7 Å². The minimum absolute atomic E-state index is 0.159. The van der Waals surface area contributed by atoms with E-state index >= 15 is 4.39 Å². The highest BCUT2D eigenvalue weighted by molar-refractivity contribution is 5.90. The van der Waals surface area contributed by atoms with E-state index < -0.39 is 54.4 Å². The molecule has 1 aromatic heterocycles. The predicted molar refractivity (Wildman–Crippen MR) is 117 cm³/mol. The molecule has 1 N–H and O–H groups in total. The SMILES string of the molecule is Cc1cn([C@@H]2O[C@@H](COC(=O)c3ccccc3)C(OC(=O)c3ccccc3)[C@@H]2F)c(=O)[nH]c1=O. The first-order valence-corrected chi connectivity index (χ1v) is 10.4. The lowest BCUT2D eigenvalue weighted by molar-refractivity contribution is -0.0592. The van der Waals surface area contributed by atoms with Crippen LogP contribution < -0.4 is 11.2 Å². The van der Waals surface area contributed by atoms with Crippen LogP contribution in [0.25, 0.3) is 0 Å². The van der Waals surface area contributed by atoms with Crippen molar-refractivity contribution < 1.29 is 28.2 Å². The fourth-order valence-electron chi connectivity index (χ4n) is 3.55. The van der Waals surface area contributed by atoms with Crippen molar-refractivity contribution in [2.45, 2.75) is 31.5 Å². The first-order chi connectivity index (χ1) is 16.3. The summed E-state index contributed by atoms with van der Waals surface area (Å²) in [6.07, 6.45) is -5.04. The van der Waals surface area contributed by atoms with Crippen molar-refractivity contribution >= 4 is 11.9 Å². The quantitative estimate of drug-likeness (QED) is 0.551. The highest BCUT2D eigenvalue weighted by atomic mass is 19.1. The maximum Gasteiger partial charge on any atom is 0.338 e. The molecule has 1 aliphatic heterocycles. The number of esters is 2. The Morgan fingerprint density at radius 3 is 2.21 bits per heavy atom. The number of H-pyrrole nitrogens is 1. The van der Waals surface area contributed by atoms with Crippen LogP contribution in [0.2, 0.25) is 0 Å². The standard InChI is InChI=1S/C24H21FN2O7/c1-14-12-27(24(31)26-20(14)28)21-18(25)19(34-23(30)16-10-6-3-7-11-16)17(33-21)13-32-22(29)15-8-4-2-5-9-15/h2-12,17-19,21H,13H2,1H3,(H,26,28,31)/t17-,18-,19?,21+/m0/s1. The summed E-state index contributed by atoms with van der Waals surface area (Å²) >= 11 is 0. The maximum atomic E-state index is 15.5. The number of nitrogens with one attached hydrogen (secondary N) is 1. The van der Waals surface area contributed by atoms with Gasteiger partial charge in [-0.1, -0.05) is 36.4 Å². The molecule has 0 saturated carbocycles. The van der Waals surface area contributed by atoms with E-state index in [9.17, 15) is 19.2 Å². The van der Waals surface area contributed by atoms with E-state index in [1.165, 1.54) is 19.1 Å². The highest BCUT2D eigenvalue weighted by Crippen LogP contribution is 2.34. The zero-order valence-electron chi connectivity index (χ0n) is 18.1. The Balaban J connectivity index is 1.59. The molecule has 1 unspecified atom stereocenters. The predicted octanol–water partition coefficient (Wildman–Crippen LogP) is 2.16. The van der Waals surface area contributed by atoms with Crippen molar-refractivity contribution in [2.24, 2.45) is 0 Å². The molecule has 4 rings (SSSR count). The molecule has 2 heterocycles. The van der Waals surface area contributed by atoms with Crippen molar-refractivity contribution in [3.05, 3.63) is 104 Å². The van der Waals surface area contributed by atoms with Crippen LogP contribution >= 0.6 is 0 Å². The number of nitrogens with zero attached hydrogens (tertiary/aromatic N) is 1. The summed E-state index contributed by atoms with van der Waals surface area (Å²) in [4.78, 5) is 51.0. The number of aryl methyl sites for hydroxylation is 1. The Hall–Kier alpha value is -4.05. The molecule has 2 aromatic carbocycles. The lowest BCUT2D eigenvalue weighted by Crippen LogP contribution is -2.38. The Labute approximate surface area is 192 Å². The summed E-state index contributed by atoms with van der Waals surface area (Å²) in [5.41, 5.74) is -0.880. The zero-order valence-corrected chi connectivity index (χ0v) is 18.1. The molecular formula is C24H21FN2O7. The Kier molecular flexibility index (Phi) is 6.69. The number of ether oxygens (including phenoxy) is 3. The second-order valence-electron chi connectivity index (χ2n) is 7.69. The fraction of sp³-hybridized carbons (Fsp3) is 0.250. The summed E-state index contributed by atoms with van der Waals surface area (Å²) in [6, 6.07) is 16.1. The molecule has 3 aromatic rings. The van der Waals surface area contributed by atoms with Crippen LogP contribution in [0.1, 0.15) is 32.5 Å². The van der Waals surface area contributed by atoms with Gasteiger partial charge in [0.05, 0.1) is 11.1 Å². The van der Waals surface area contributed by atoms with Gasteiger partial charge in [-0.15, -0.1) is 0 Å². The summed E-state index contributed by atoms with van der Waals surface area (Å²) in [5, 5.41) is 0. The highest BCUT2D eigenvalue weighted by Gasteiger charge is 2.49. The van der Waals surface area contributed by atoms with Crippen molar-refractivity contribution in [2.75, 3.05) is 6.61 Å². The van der Waals surface area contributed by atoms with Crippen molar-refractivity contribution in [3.63, 3.8) is 0 Å². The number of aromatic nitrogens is 2. The molecule has 0 radical (unpaired) electrons. The topological polar surface area (TPSA) is 117 Å². The lowest BCUT2D eigenvalue weighted by atomic mass is 10.1. The Morgan fingerprint density at radius 2 is 1.59 bits per heavy atom. The van der Waals surface area contributed by atoms with Gasteiger partial charge >= 0.3 is 17.6 Å². The molecule has 0 bridgehead atoms. The number of aromatic amines is 1. The largest absolute Gasteiger partial charge is 0.459 e. The summed E-state index contributed by atoms with van der Waals surface area (Å²) < 4.78 is 32.7. The molecule has 176 valence electrons. The molecule has 0 aliphatic carbocycles. The van der Waals surface area contributed by atoms with Gasteiger partial charge in [-0.2, -0.15) is 0 Å². The van der Waals surface area contributed by atoms with E-state index in [2.05, 4.69) is 4.98 Å². The van der Waals surface area contributed by atoms with Gasteiger partial charge in [-0.3, -0.25) is 14.3 Å². The minimum atomic E-state index is -1.99. The van der Waals surface area contributed by atoms with E-state index in [4.69, 9.17) is 14.2 Å². The first-order valence-electron chi connectivity index (χ1n) is 10.4. The number of halogens is 1. The fourth-order valence-corrected chi connectivity index (χ4v) is 3.55. The average molecular weight is 468 g/mol. The number of hydrogen-bond donors (Lipinski definition) is 1. The van der Waals surface area contributed by atoms with E-state index in [-0.39, 0.29) is 16.7 Å². The van der Waals surface area contributed by atoms with Crippen LogP contribution in [-0.2, 0) is 14.2 Å². The normalized spacial score (nSPS) is 21.7. The maximum absolute atomic E-state index is 15.5. The monoisotopic (exact) mass is 468 g/mol. The number of rotatable bonds is 6. The summed E-state index contributed by atoms with van der Waals surface area (Å²) in [5.74, 6) is -1.48. The number of hydrogen-bond acceptors (Lipinski definition) is 7. The van der Waals surface area contributed by atoms with Gasteiger partial charge < -0.3 is 14.2 Å². The molecule has 1 aliphatic rings. The van der Waals surface area contributed by atoms with Crippen LogP contribution in [0.4, 0.5) is 4.39 Å².